The minimum atomic E-state index is 0.804. The van der Waals surface area contributed by atoms with Gasteiger partial charge in [-0.25, -0.2) is 0 Å². The van der Waals surface area contributed by atoms with Crippen molar-refractivity contribution in [2.45, 2.75) is 33.1 Å². The molecule has 0 amide bonds. The zero-order chi connectivity index (χ0) is 9.52. The monoisotopic (exact) mass is 185 g/mol. The molecule has 0 aromatic carbocycles. The first-order valence-electron chi connectivity index (χ1n) is 5.61. The van der Waals surface area contributed by atoms with Crippen LogP contribution in [0.1, 0.15) is 33.1 Å². The van der Waals surface area contributed by atoms with E-state index in [9.17, 15) is 0 Å². The maximum absolute atomic E-state index is 5.36. The fourth-order valence-electron chi connectivity index (χ4n) is 1.95. The molecule has 13 heavy (non-hydrogen) atoms. The van der Waals surface area contributed by atoms with Gasteiger partial charge in [-0.3, -0.25) is 0 Å². The van der Waals surface area contributed by atoms with Crippen LogP contribution in [-0.2, 0) is 4.74 Å². The molecule has 1 saturated heterocycles. The molecule has 0 spiro atoms. The lowest BCUT2D eigenvalue weighted by Gasteiger charge is -2.15. The summed E-state index contributed by atoms with van der Waals surface area (Å²) >= 11 is 0. The molecular formula is C11H23NO. The average molecular weight is 185 g/mol. The summed E-state index contributed by atoms with van der Waals surface area (Å²) in [5.74, 6) is 1.64. The third kappa shape index (κ3) is 4.63. The number of rotatable bonds is 6. The Labute approximate surface area is 82.0 Å². The van der Waals surface area contributed by atoms with Gasteiger partial charge in [0, 0.05) is 13.2 Å². The van der Waals surface area contributed by atoms with Crippen molar-refractivity contribution < 1.29 is 4.74 Å². The van der Waals surface area contributed by atoms with Crippen LogP contribution in [0.5, 0.6) is 0 Å². The van der Waals surface area contributed by atoms with Crippen molar-refractivity contribution in [1.29, 1.82) is 0 Å². The molecule has 1 aliphatic heterocycles. The van der Waals surface area contributed by atoms with Gasteiger partial charge < -0.3 is 10.1 Å². The molecule has 1 N–H and O–H groups in total. The Kier molecular flexibility index (Phi) is 5.40. The van der Waals surface area contributed by atoms with E-state index in [2.05, 4.69) is 19.2 Å². The van der Waals surface area contributed by atoms with E-state index in [1.807, 2.05) is 0 Å². The van der Waals surface area contributed by atoms with Crippen molar-refractivity contribution in [2.24, 2.45) is 11.8 Å². The molecule has 0 aromatic heterocycles. The topological polar surface area (TPSA) is 21.3 Å². The van der Waals surface area contributed by atoms with Crippen LogP contribution in [0.2, 0.25) is 0 Å². The number of ether oxygens (including phenoxy) is 1. The average Bonchev–Trinajstić information content (AvgIpc) is 2.57. The second-order valence-electron chi connectivity index (χ2n) is 4.27. The minimum Gasteiger partial charge on any atom is -0.381 e. The highest BCUT2D eigenvalue weighted by Crippen LogP contribution is 2.20. The zero-order valence-electron chi connectivity index (χ0n) is 9.01. The largest absolute Gasteiger partial charge is 0.381 e. The highest BCUT2D eigenvalue weighted by atomic mass is 16.5. The van der Waals surface area contributed by atoms with Gasteiger partial charge in [-0.15, -0.1) is 0 Å². The molecular weight excluding hydrogens is 162 g/mol. The molecule has 78 valence electrons. The highest BCUT2D eigenvalue weighted by Gasteiger charge is 2.17. The van der Waals surface area contributed by atoms with Gasteiger partial charge in [-0.1, -0.05) is 13.8 Å². The first-order chi connectivity index (χ1) is 6.33. The molecule has 2 atom stereocenters. The lowest BCUT2D eigenvalue weighted by molar-refractivity contribution is 0.180. The second-order valence-corrected chi connectivity index (χ2v) is 4.27. The summed E-state index contributed by atoms with van der Waals surface area (Å²) in [4.78, 5) is 0. The van der Waals surface area contributed by atoms with Crippen molar-refractivity contribution in [3.63, 3.8) is 0 Å². The lowest BCUT2D eigenvalue weighted by atomic mass is 9.95. The van der Waals surface area contributed by atoms with Crippen LogP contribution in [0, 0.1) is 11.8 Å². The van der Waals surface area contributed by atoms with Crippen molar-refractivity contribution in [3.8, 4) is 0 Å². The standard InChI is InChI=1S/C11H23NO/c1-3-5-12-8-10(2)7-11-4-6-13-9-11/h10-12H,3-9H2,1-2H3. The SMILES string of the molecule is CCCNCC(C)CC1CCOC1. The first-order valence-corrected chi connectivity index (χ1v) is 5.61. The van der Waals surface area contributed by atoms with Gasteiger partial charge in [0.2, 0.25) is 0 Å². The van der Waals surface area contributed by atoms with Gasteiger partial charge in [0.05, 0.1) is 0 Å². The van der Waals surface area contributed by atoms with Crippen LogP contribution in [0.4, 0.5) is 0 Å². The number of hydrogen-bond acceptors (Lipinski definition) is 2. The van der Waals surface area contributed by atoms with Crippen molar-refractivity contribution in [2.75, 3.05) is 26.3 Å². The molecule has 0 saturated carbocycles. The van der Waals surface area contributed by atoms with Crippen LogP contribution in [0.15, 0.2) is 0 Å². The Morgan fingerprint density at radius 1 is 1.54 bits per heavy atom. The van der Waals surface area contributed by atoms with Crippen LogP contribution >= 0.6 is 0 Å². The third-order valence-corrected chi connectivity index (χ3v) is 2.68. The van der Waals surface area contributed by atoms with Crippen LogP contribution < -0.4 is 5.32 Å². The van der Waals surface area contributed by atoms with E-state index < -0.39 is 0 Å². The van der Waals surface area contributed by atoms with E-state index in [-0.39, 0.29) is 0 Å². The Bertz CT molecular complexity index is 121. The fraction of sp³-hybridized carbons (Fsp3) is 1.00. The summed E-state index contributed by atoms with van der Waals surface area (Å²) in [6.07, 6.45) is 3.84. The summed E-state index contributed by atoms with van der Waals surface area (Å²) in [5, 5.41) is 3.47. The summed E-state index contributed by atoms with van der Waals surface area (Å²) < 4.78 is 5.36. The Balaban J connectivity index is 1.99. The predicted molar refractivity (Wildman–Crippen MR) is 55.9 cm³/mol. The lowest BCUT2D eigenvalue weighted by Crippen LogP contribution is -2.23. The van der Waals surface area contributed by atoms with E-state index in [0.717, 1.165) is 31.6 Å². The van der Waals surface area contributed by atoms with E-state index in [0.29, 0.717) is 0 Å². The first kappa shape index (κ1) is 11.0. The minimum absolute atomic E-state index is 0.804. The third-order valence-electron chi connectivity index (χ3n) is 2.68. The van der Waals surface area contributed by atoms with Crippen LogP contribution in [0.3, 0.4) is 0 Å². The van der Waals surface area contributed by atoms with Crippen LogP contribution in [0.25, 0.3) is 0 Å². The van der Waals surface area contributed by atoms with Gasteiger partial charge in [0.15, 0.2) is 0 Å². The molecule has 1 fully saturated rings. The quantitative estimate of drug-likeness (QED) is 0.639. The van der Waals surface area contributed by atoms with Gasteiger partial charge in [0.25, 0.3) is 0 Å². The summed E-state index contributed by atoms with van der Waals surface area (Å²) in [7, 11) is 0. The molecule has 1 heterocycles. The molecule has 2 nitrogen and oxygen atoms in total. The maximum atomic E-state index is 5.36. The van der Waals surface area contributed by atoms with Crippen molar-refractivity contribution in [3.05, 3.63) is 0 Å². The van der Waals surface area contributed by atoms with Crippen molar-refractivity contribution >= 4 is 0 Å². The van der Waals surface area contributed by atoms with Gasteiger partial charge in [-0.2, -0.15) is 0 Å². The molecule has 2 heteroatoms. The van der Waals surface area contributed by atoms with Crippen molar-refractivity contribution in [1.82, 2.24) is 5.32 Å². The predicted octanol–water partition coefficient (Wildman–Crippen LogP) is 2.05. The Morgan fingerprint density at radius 3 is 3.00 bits per heavy atom. The summed E-state index contributed by atoms with van der Waals surface area (Å²) in [5.41, 5.74) is 0. The molecule has 2 unspecified atom stereocenters. The highest BCUT2D eigenvalue weighted by molar-refractivity contribution is 4.68. The van der Waals surface area contributed by atoms with Gasteiger partial charge in [-0.05, 0) is 44.2 Å². The number of hydrogen-bond donors (Lipinski definition) is 1. The Hall–Kier alpha value is -0.0800. The maximum Gasteiger partial charge on any atom is 0.0495 e. The smallest absolute Gasteiger partial charge is 0.0495 e. The van der Waals surface area contributed by atoms with E-state index in [1.165, 1.54) is 25.8 Å². The second kappa shape index (κ2) is 6.39. The molecule has 0 aliphatic carbocycles. The van der Waals surface area contributed by atoms with E-state index >= 15 is 0 Å². The normalized spacial score (nSPS) is 24.9. The van der Waals surface area contributed by atoms with Gasteiger partial charge in [0.1, 0.15) is 0 Å². The molecule has 1 rings (SSSR count). The molecule has 0 aromatic rings. The summed E-state index contributed by atoms with van der Waals surface area (Å²) in [6, 6.07) is 0. The molecule has 0 bridgehead atoms. The summed E-state index contributed by atoms with van der Waals surface area (Å²) in [6.45, 7) is 8.86. The van der Waals surface area contributed by atoms with E-state index in [1.54, 1.807) is 0 Å². The number of nitrogens with one attached hydrogen (secondary N) is 1. The van der Waals surface area contributed by atoms with Gasteiger partial charge >= 0.3 is 0 Å². The molecule has 1 aliphatic rings. The Morgan fingerprint density at radius 2 is 2.38 bits per heavy atom. The molecule has 0 radical (unpaired) electrons. The zero-order valence-corrected chi connectivity index (χ0v) is 9.01. The fourth-order valence-corrected chi connectivity index (χ4v) is 1.95. The van der Waals surface area contributed by atoms with Crippen LogP contribution in [-0.4, -0.2) is 26.3 Å². The van der Waals surface area contributed by atoms with E-state index in [4.69, 9.17) is 4.74 Å².